The Kier molecular flexibility index (Phi) is 5.12. The summed E-state index contributed by atoms with van der Waals surface area (Å²) in [4.78, 5) is 6.52. The van der Waals surface area contributed by atoms with Crippen molar-refractivity contribution in [3.8, 4) is 0 Å². The van der Waals surface area contributed by atoms with Crippen LogP contribution in [0.5, 0.6) is 0 Å². The first kappa shape index (κ1) is 17.2. The predicted octanol–water partition coefficient (Wildman–Crippen LogP) is -1.03. The Balaban J connectivity index is 1.98. The largest absolute Gasteiger partial charge is 0.451 e. The van der Waals surface area contributed by atoms with Crippen molar-refractivity contribution in [1.29, 1.82) is 0 Å². The van der Waals surface area contributed by atoms with E-state index in [1.807, 2.05) is 6.92 Å². The van der Waals surface area contributed by atoms with Crippen molar-refractivity contribution < 1.29 is 18.5 Å². The van der Waals surface area contributed by atoms with Gasteiger partial charge in [-0.25, -0.2) is 9.71 Å². The number of rotatable bonds is 7. The van der Waals surface area contributed by atoms with E-state index in [2.05, 4.69) is 14.7 Å². The molecule has 1 fully saturated rings. The van der Waals surface area contributed by atoms with Gasteiger partial charge in [-0.1, -0.05) is 6.42 Å². The molecule has 1 aromatic rings. The molecule has 9 nitrogen and oxygen atoms in total. The Bertz CT molecular complexity index is 577. The van der Waals surface area contributed by atoms with Crippen LogP contribution in [0, 0.1) is 5.92 Å². The van der Waals surface area contributed by atoms with E-state index in [0.717, 1.165) is 0 Å². The molecule has 0 saturated carbocycles. The standard InChI is InChI=1S/C11H22BN5O4S/c1-11(13)8-17(7-9(11)3-2-4-12(18)19)22(20,21)16-10-14-5-6-15-10/h5-6,9,18-19H,2-4,7-8,13H2,1H3,(H2,14,15,16)/t9-,11-/m0/s1. The predicted molar refractivity (Wildman–Crippen MR) is 83.0 cm³/mol. The smallest absolute Gasteiger partial charge is 0.427 e. The fraction of sp³-hybridized carbons (Fsp3) is 0.727. The molecular weight excluding hydrogens is 309 g/mol. The molecule has 1 aliphatic rings. The molecule has 6 N–H and O–H groups in total. The van der Waals surface area contributed by atoms with Crippen LogP contribution in [0.1, 0.15) is 19.8 Å². The van der Waals surface area contributed by atoms with Gasteiger partial charge in [0.15, 0.2) is 0 Å². The van der Waals surface area contributed by atoms with Crippen LogP contribution in [0.2, 0.25) is 6.32 Å². The van der Waals surface area contributed by atoms with Gasteiger partial charge < -0.3 is 20.8 Å². The molecular formula is C11H22BN5O4S. The highest BCUT2D eigenvalue weighted by atomic mass is 32.2. The Labute approximate surface area is 130 Å². The van der Waals surface area contributed by atoms with E-state index >= 15 is 0 Å². The van der Waals surface area contributed by atoms with Crippen LogP contribution < -0.4 is 10.5 Å². The average molecular weight is 331 g/mol. The number of nitrogens with zero attached hydrogens (tertiary/aromatic N) is 2. The van der Waals surface area contributed by atoms with Crippen LogP contribution in [-0.2, 0) is 10.2 Å². The zero-order valence-corrected chi connectivity index (χ0v) is 13.3. The highest BCUT2D eigenvalue weighted by molar-refractivity contribution is 7.90. The third-order valence-electron chi connectivity index (χ3n) is 3.95. The summed E-state index contributed by atoms with van der Waals surface area (Å²) in [6.45, 7) is 2.31. The summed E-state index contributed by atoms with van der Waals surface area (Å²) < 4.78 is 28.3. The molecule has 1 aliphatic heterocycles. The lowest BCUT2D eigenvalue weighted by molar-refractivity contribution is 0.343. The zero-order valence-electron chi connectivity index (χ0n) is 12.4. The fourth-order valence-electron chi connectivity index (χ4n) is 2.69. The molecule has 0 aliphatic carbocycles. The summed E-state index contributed by atoms with van der Waals surface area (Å²) in [5.41, 5.74) is 5.56. The second-order valence-electron chi connectivity index (χ2n) is 5.95. The van der Waals surface area contributed by atoms with Crippen molar-refractivity contribution in [2.75, 3.05) is 17.8 Å². The molecule has 0 spiro atoms. The van der Waals surface area contributed by atoms with Gasteiger partial charge in [0.2, 0.25) is 5.95 Å². The van der Waals surface area contributed by atoms with E-state index in [1.165, 1.54) is 16.7 Å². The molecule has 0 aromatic carbocycles. The summed E-state index contributed by atoms with van der Waals surface area (Å²) >= 11 is 0. The van der Waals surface area contributed by atoms with E-state index in [-0.39, 0.29) is 24.7 Å². The van der Waals surface area contributed by atoms with Gasteiger partial charge in [-0.2, -0.15) is 12.7 Å². The number of aromatic nitrogens is 2. The van der Waals surface area contributed by atoms with Gasteiger partial charge >= 0.3 is 17.3 Å². The van der Waals surface area contributed by atoms with Crippen molar-refractivity contribution in [3.05, 3.63) is 12.4 Å². The number of nitrogens with one attached hydrogen (secondary N) is 2. The third kappa shape index (κ3) is 4.20. The maximum atomic E-state index is 12.3. The van der Waals surface area contributed by atoms with Crippen molar-refractivity contribution in [2.45, 2.75) is 31.6 Å². The van der Waals surface area contributed by atoms with Crippen LogP contribution in [0.25, 0.3) is 0 Å². The fourth-order valence-corrected chi connectivity index (χ4v) is 4.00. The molecule has 0 radical (unpaired) electrons. The number of imidazole rings is 1. The number of hydrogen-bond donors (Lipinski definition) is 5. The minimum absolute atomic E-state index is 0.0422. The maximum absolute atomic E-state index is 12.3. The summed E-state index contributed by atoms with van der Waals surface area (Å²) in [5.74, 6) is 0.116. The Morgan fingerprint density at radius 1 is 1.64 bits per heavy atom. The molecule has 2 atom stereocenters. The minimum atomic E-state index is -3.72. The van der Waals surface area contributed by atoms with Crippen LogP contribution >= 0.6 is 0 Å². The van der Waals surface area contributed by atoms with Crippen LogP contribution in [0.3, 0.4) is 0 Å². The van der Waals surface area contributed by atoms with Gasteiger partial charge in [-0.05, 0) is 25.6 Å². The van der Waals surface area contributed by atoms with Gasteiger partial charge in [0.05, 0.1) is 0 Å². The Hall–Kier alpha value is -1.14. The van der Waals surface area contributed by atoms with Gasteiger partial charge in [-0.3, -0.25) is 0 Å². The number of anilines is 1. The summed E-state index contributed by atoms with van der Waals surface area (Å²) in [5, 5.41) is 17.8. The molecule has 11 heteroatoms. The first-order valence-electron chi connectivity index (χ1n) is 7.13. The molecule has 1 saturated heterocycles. The number of H-pyrrole nitrogens is 1. The van der Waals surface area contributed by atoms with Crippen LogP contribution in [0.15, 0.2) is 12.4 Å². The molecule has 0 amide bonds. The monoisotopic (exact) mass is 331 g/mol. The molecule has 0 bridgehead atoms. The number of nitrogens with two attached hydrogens (primary N) is 1. The van der Waals surface area contributed by atoms with Gasteiger partial charge in [0, 0.05) is 31.0 Å². The third-order valence-corrected chi connectivity index (χ3v) is 5.36. The lowest BCUT2D eigenvalue weighted by Gasteiger charge is -2.25. The maximum Gasteiger partial charge on any atom is 0.451 e. The van der Waals surface area contributed by atoms with Gasteiger partial charge in [-0.15, -0.1) is 0 Å². The van der Waals surface area contributed by atoms with Crippen LogP contribution in [0.4, 0.5) is 5.95 Å². The lowest BCUT2D eigenvalue weighted by Crippen LogP contribution is -2.45. The molecule has 22 heavy (non-hydrogen) atoms. The average Bonchev–Trinajstić information content (AvgIpc) is 2.97. The molecule has 1 aromatic heterocycles. The van der Waals surface area contributed by atoms with E-state index in [4.69, 9.17) is 15.8 Å². The van der Waals surface area contributed by atoms with E-state index < -0.39 is 22.9 Å². The van der Waals surface area contributed by atoms with E-state index in [9.17, 15) is 8.42 Å². The van der Waals surface area contributed by atoms with Crippen molar-refractivity contribution in [3.63, 3.8) is 0 Å². The highest BCUT2D eigenvalue weighted by Gasteiger charge is 2.44. The molecule has 124 valence electrons. The summed E-state index contributed by atoms with van der Waals surface area (Å²) in [6.07, 6.45) is 4.45. The second kappa shape index (κ2) is 6.55. The quantitative estimate of drug-likeness (QED) is 0.404. The van der Waals surface area contributed by atoms with Crippen LogP contribution in [-0.4, -0.2) is 58.5 Å². The molecule has 2 heterocycles. The Morgan fingerprint density at radius 3 is 2.95 bits per heavy atom. The lowest BCUT2D eigenvalue weighted by atomic mass is 9.79. The van der Waals surface area contributed by atoms with Gasteiger partial charge in [0.1, 0.15) is 0 Å². The van der Waals surface area contributed by atoms with Crippen molar-refractivity contribution >= 4 is 23.3 Å². The zero-order chi connectivity index (χ0) is 16.4. The SMILES string of the molecule is C[C@]1(N)CN(S(=O)(=O)Nc2ncc[nH]2)C[C@@H]1CCCB(O)O. The van der Waals surface area contributed by atoms with E-state index in [1.54, 1.807) is 0 Å². The first-order valence-corrected chi connectivity index (χ1v) is 8.57. The molecule has 2 rings (SSSR count). The minimum Gasteiger partial charge on any atom is -0.427 e. The topological polar surface area (TPSA) is 145 Å². The normalized spacial score (nSPS) is 26.3. The number of hydrogen-bond acceptors (Lipinski definition) is 6. The summed E-state index contributed by atoms with van der Waals surface area (Å²) in [6, 6.07) is 0. The number of aromatic amines is 1. The van der Waals surface area contributed by atoms with Gasteiger partial charge in [0.25, 0.3) is 0 Å². The van der Waals surface area contributed by atoms with E-state index in [0.29, 0.717) is 19.4 Å². The second-order valence-corrected chi connectivity index (χ2v) is 7.62. The van der Waals surface area contributed by atoms with Crippen molar-refractivity contribution in [2.24, 2.45) is 11.7 Å². The highest BCUT2D eigenvalue weighted by Crippen LogP contribution is 2.31. The van der Waals surface area contributed by atoms with Crippen molar-refractivity contribution in [1.82, 2.24) is 14.3 Å². The Morgan fingerprint density at radius 2 is 2.36 bits per heavy atom. The molecule has 0 unspecified atom stereocenters. The first-order chi connectivity index (χ1) is 10.2. The summed E-state index contributed by atoms with van der Waals surface area (Å²) in [7, 11) is -5.06.